The summed E-state index contributed by atoms with van der Waals surface area (Å²) in [7, 11) is 0. The number of ether oxygens (including phenoxy) is 2. The molecule has 0 bridgehead atoms. The molecule has 2 rings (SSSR count). The molecule has 6 atom stereocenters. The maximum Gasteiger partial charge on any atom is 0.303 e. The van der Waals surface area contributed by atoms with Crippen LogP contribution < -0.4 is 0 Å². The highest BCUT2D eigenvalue weighted by Gasteiger charge is 2.55. The predicted octanol–water partition coefficient (Wildman–Crippen LogP) is 4.59. The summed E-state index contributed by atoms with van der Waals surface area (Å²) < 4.78 is 11.5. The Bertz CT molecular complexity index is 675. The van der Waals surface area contributed by atoms with Crippen LogP contribution in [-0.4, -0.2) is 34.4 Å². The summed E-state index contributed by atoms with van der Waals surface area (Å²) >= 11 is 0. The minimum Gasteiger partial charge on any atom is -0.462 e. The van der Waals surface area contributed by atoms with Gasteiger partial charge in [0.05, 0.1) is 5.60 Å². The lowest BCUT2D eigenvalue weighted by Gasteiger charge is -2.44. The van der Waals surface area contributed by atoms with E-state index in [1.54, 1.807) is 6.92 Å². The molecule has 0 aromatic rings. The monoisotopic (exact) mass is 406 g/mol. The quantitative estimate of drug-likeness (QED) is 0.548. The Morgan fingerprint density at radius 2 is 1.79 bits per heavy atom. The van der Waals surface area contributed by atoms with Crippen LogP contribution in [-0.2, 0) is 19.1 Å². The van der Waals surface area contributed by atoms with Gasteiger partial charge in [-0.05, 0) is 51.4 Å². The van der Waals surface area contributed by atoms with Crippen molar-refractivity contribution in [3.8, 4) is 0 Å². The van der Waals surface area contributed by atoms with Crippen molar-refractivity contribution in [2.45, 2.75) is 91.5 Å². The molecule has 0 radical (unpaired) electrons. The summed E-state index contributed by atoms with van der Waals surface area (Å²) in [5.74, 6) is -0.419. The number of hydrogen-bond acceptors (Lipinski definition) is 5. The lowest BCUT2D eigenvalue weighted by Crippen LogP contribution is -2.48. The fourth-order valence-corrected chi connectivity index (χ4v) is 5.31. The maximum absolute atomic E-state index is 12.0. The van der Waals surface area contributed by atoms with Gasteiger partial charge in [-0.2, -0.15) is 0 Å². The second-order valence-electron chi connectivity index (χ2n) is 10.1. The molecule has 0 aliphatic heterocycles. The Morgan fingerprint density at radius 3 is 2.38 bits per heavy atom. The molecule has 0 aromatic heterocycles. The van der Waals surface area contributed by atoms with Crippen molar-refractivity contribution in [2.24, 2.45) is 23.2 Å². The Hall–Kier alpha value is -1.62. The van der Waals surface area contributed by atoms with Crippen LogP contribution in [0.2, 0.25) is 0 Å². The van der Waals surface area contributed by atoms with Gasteiger partial charge in [0.25, 0.3) is 0 Å². The first-order chi connectivity index (χ1) is 13.3. The number of aliphatic hydroxyl groups is 1. The summed E-state index contributed by atoms with van der Waals surface area (Å²) in [4.78, 5) is 23.8. The molecule has 0 saturated heterocycles. The van der Waals surface area contributed by atoms with Gasteiger partial charge in [-0.3, -0.25) is 9.59 Å². The third-order valence-corrected chi connectivity index (χ3v) is 6.61. The molecular weight excluding hydrogens is 368 g/mol. The summed E-state index contributed by atoms with van der Waals surface area (Å²) in [6.07, 6.45) is 10.7. The molecule has 0 heterocycles. The largest absolute Gasteiger partial charge is 0.462 e. The standard InChI is InChI=1S/C24H38O5/c1-16-9-8-12-24(7,27)15-20(28-17(2)25)21-19(22(4,5)29-18(3)26)11-14-23(21,6)13-10-16/h8,10,12-13,16,19-21,27H,9,11,14-15H2,1-7H3/b12-8+,13-10+/t16-,19-,20+,21-,23+,24-/m1/s1. The zero-order valence-corrected chi connectivity index (χ0v) is 19.0. The fraction of sp³-hybridized carbons (Fsp3) is 0.750. The van der Waals surface area contributed by atoms with Crippen LogP contribution in [0, 0.1) is 23.2 Å². The van der Waals surface area contributed by atoms with Crippen LogP contribution in [0.4, 0.5) is 0 Å². The molecule has 2 aliphatic carbocycles. The van der Waals surface area contributed by atoms with Gasteiger partial charge in [-0.1, -0.05) is 38.2 Å². The van der Waals surface area contributed by atoms with E-state index >= 15 is 0 Å². The number of esters is 2. The van der Waals surface area contributed by atoms with Crippen LogP contribution in [0.3, 0.4) is 0 Å². The van der Waals surface area contributed by atoms with Crippen molar-refractivity contribution in [3.63, 3.8) is 0 Å². The summed E-state index contributed by atoms with van der Waals surface area (Å²) in [6.45, 7) is 12.8. The van der Waals surface area contributed by atoms with Gasteiger partial charge in [-0.25, -0.2) is 0 Å². The second-order valence-corrected chi connectivity index (χ2v) is 10.1. The topological polar surface area (TPSA) is 72.8 Å². The lowest BCUT2D eigenvalue weighted by molar-refractivity contribution is -0.171. The minimum absolute atomic E-state index is 0.00115. The summed E-state index contributed by atoms with van der Waals surface area (Å²) in [5, 5.41) is 11.0. The lowest BCUT2D eigenvalue weighted by atomic mass is 9.68. The van der Waals surface area contributed by atoms with E-state index in [-0.39, 0.29) is 29.2 Å². The average Bonchev–Trinajstić information content (AvgIpc) is 2.88. The highest BCUT2D eigenvalue weighted by Crippen LogP contribution is 2.55. The van der Waals surface area contributed by atoms with Gasteiger partial charge < -0.3 is 14.6 Å². The van der Waals surface area contributed by atoms with E-state index in [4.69, 9.17) is 9.47 Å². The number of allylic oxidation sites excluding steroid dienone is 3. The van der Waals surface area contributed by atoms with E-state index in [0.717, 1.165) is 19.3 Å². The van der Waals surface area contributed by atoms with Crippen molar-refractivity contribution >= 4 is 11.9 Å². The molecule has 1 saturated carbocycles. The zero-order valence-electron chi connectivity index (χ0n) is 19.0. The maximum atomic E-state index is 12.0. The van der Waals surface area contributed by atoms with Gasteiger partial charge >= 0.3 is 11.9 Å². The van der Waals surface area contributed by atoms with Crippen LogP contribution >= 0.6 is 0 Å². The van der Waals surface area contributed by atoms with Crippen molar-refractivity contribution in [1.82, 2.24) is 0 Å². The Labute approximate surface area is 175 Å². The molecule has 5 heteroatoms. The molecule has 1 fully saturated rings. The highest BCUT2D eigenvalue weighted by atomic mass is 16.6. The first-order valence-electron chi connectivity index (χ1n) is 10.7. The first-order valence-corrected chi connectivity index (χ1v) is 10.7. The second kappa shape index (κ2) is 8.63. The van der Waals surface area contributed by atoms with Gasteiger partial charge in [-0.15, -0.1) is 0 Å². The first kappa shape index (κ1) is 23.7. The molecule has 0 unspecified atom stereocenters. The van der Waals surface area contributed by atoms with E-state index in [0.29, 0.717) is 12.3 Å². The van der Waals surface area contributed by atoms with E-state index in [1.807, 2.05) is 26.0 Å². The molecule has 0 amide bonds. The number of fused-ring (bicyclic) bond motifs is 1. The molecule has 2 aliphatic rings. The molecular formula is C24H38O5. The number of carbonyl (C=O) groups is 2. The van der Waals surface area contributed by atoms with Gasteiger partial charge in [0, 0.05) is 32.1 Å². The highest BCUT2D eigenvalue weighted by molar-refractivity contribution is 5.67. The van der Waals surface area contributed by atoms with Crippen LogP contribution in [0.5, 0.6) is 0 Å². The van der Waals surface area contributed by atoms with Crippen molar-refractivity contribution in [2.75, 3.05) is 0 Å². The van der Waals surface area contributed by atoms with Crippen LogP contribution in [0.15, 0.2) is 24.3 Å². The smallest absolute Gasteiger partial charge is 0.303 e. The Balaban J connectivity index is 2.57. The van der Waals surface area contributed by atoms with Crippen molar-refractivity contribution in [3.05, 3.63) is 24.3 Å². The zero-order chi connectivity index (χ0) is 22.0. The van der Waals surface area contributed by atoms with Crippen LogP contribution in [0.1, 0.15) is 74.1 Å². The number of rotatable bonds is 3. The molecule has 29 heavy (non-hydrogen) atoms. The molecule has 0 aromatic carbocycles. The van der Waals surface area contributed by atoms with Crippen molar-refractivity contribution in [1.29, 1.82) is 0 Å². The van der Waals surface area contributed by atoms with E-state index in [1.165, 1.54) is 13.8 Å². The SMILES string of the molecule is CC(=O)O[C@H]1C[C@](C)(O)/C=C/C[C@@H](C)/C=C/[C@@]2(C)CC[C@@H](C(C)(C)OC(C)=O)[C@H]12. The molecule has 1 N–H and O–H groups in total. The van der Waals surface area contributed by atoms with Crippen LogP contribution in [0.25, 0.3) is 0 Å². The molecule has 5 nitrogen and oxygen atoms in total. The Kier molecular flexibility index (Phi) is 7.04. The van der Waals surface area contributed by atoms with Gasteiger partial charge in [0.1, 0.15) is 11.7 Å². The fourth-order valence-electron chi connectivity index (χ4n) is 5.31. The van der Waals surface area contributed by atoms with Crippen molar-refractivity contribution < 1.29 is 24.2 Å². The normalized spacial score (nSPS) is 40.3. The number of hydrogen-bond donors (Lipinski definition) is 1. The number of carbonyl (C=O) groups excluding carboxylic acids is 2. The molecule has 0 spiro atoms. The summed E-state index contributed by atoms with van der Waals surface area (Å²) in [5.41, 5.74) is -2.02. The van der Waals surface area contributed by atoms with Gasteiger partial charge in [0.15, 0.2) is 0 Å². The predicted molar refractivity (Wildman–Crippen MR) is 113 cm³/mol. The average molecular weight is 407 g/mol. The van der Waals surface area contributed by atoms with Gasteiger partial charge in [0.2, 0.25) is 0 Å². The summed E-state index contributed by atoms with van der Waals surface area (Å²) in [6, 6.07) is 0. The minimum atomic E-state index is -1.09. The van der Waals surface area contributed by atoms with E-state index in [2.05, 4.69) is 26.0 Å². The third kappa shape index (κ3) is 5.94. The molecule has 164 valence electrons. The Morgan fingerprint density at radius 1 is 1.14 bits per heavy atom. The van der Waals surface area contributed by atoms with E-state index in [9.17, 15) is 14.7 Å². The van der Waals surface area contributed by atoms with E-state index < -0.39 is 17.3 Å². The third-order valence-electron chi connectivity index (χ3n) is 6.61.